The van der Waals surface area contributed by atoms with E-state index in [2.05, 4.69) is 13.0 Å². The maximum atomic E-state index is 12.7. The summed E-state index contributed by atoms with van der Waals surface area (Å²) in [6, 6.07) is 10.1. The zero-order valence-electron chi connectivity index (χ0n) is 14.9. The van der Waals surface area contributed by atoms with Crippen molar-refractivity contribution in [2.45, 2.75) is 51.7 Å². The summed E-state index contributed by atoms with van der Waals surface area (Å²) >= 11 is 0. The van der Waals surface area contributed by atoms with Crippen molar-refractivity contribution >= 4 is 6.09 Å². The van der Waals surface area contributed by atoms with E-state index in [0.29, 0.717) is 12.5 Å². The highest BCUT2D eigenvalue weighted by molar-refractivity contribution is 5.69. The van der Waals surface area contributed by atoms with Crippen molar-refractivity contribution < 1.29 is 14.3 Å². The Morgan fingerprint density at radius 2 is 2.16 bits per heavy atom. The minimum absolute atomic E-state index is 0.176. The van der Waals surface area contributed by atoms with E-state index in [0.717, 1.165) is 50.2 Å². The van der Waals surface area contributed by atoms with Gasteiger partial charge in [0.15, 0.2) is 0 Å². The van der Waals surface area contributed by atoms with Gasteiger partial charge in [-0.3, -0.25) is 0 Å². The molecule has 2 heterocycles. The minimum atomic E-state index is -0.176. The van der Waals surface area contributed by atoms with Gasteiger partial charge < -0.3 is 14.4 Å². The molecule has 4 nitrogen and oxygen atoms in total. The summed E-state index contributed by atoms with van der Waals surface area (Å²) in [6.45, 7) is 4.19. The van der Waals surface area contributed by atoms with Crippen molar-refractivity contribution in [1.29, 1.82) is 0 Å². The van der Waals surface area contributed by atoms with Gasteiger partial charge in [-0.2, -0.15) is 0 Å². The average molecular weight is 341 g/mol. The lowest BCUT2D eigenvalue weighted by atomic mass is 9.90. The molecule has 4 heteroatoms. The lowest BCUT2D eigenvalue weighted by Gasteiger charge is -2.30. The number of benzene rings is 1. The second-order valence-electron chi connectivity index (χ2n) is 7.44. The number of hydrogen-bond donors (Lipinski definition) is 0. The quantitative estimate of drug-likeness (QED) is 0.809. The third-order valence-electron chi connectivity index (χ3n) is 6.16. The molecule has 2 aliphatic heterocycles. The summed E-state index contributed by atoms with van der Waals surface area (Å²) in [5.41, 5.74) is 1.23. The Bertz CT molecular complexity index is 656. The zero-order chi connectivity index (χ0) is 17.3. The maximum Gasteiger partial charge on any atom is 0.410 e. The summed E-state index contributed by atoms with van der Waals surface area (Å²) in [6.07, 6.45) is 7.59. The van der Waals surface area contributed by atoms with Gasteiger partial charge in [-0.1, -0.05) is 37.3 Å². The van der Waals surface area contributed by atoms with E-state index in [-0.39, 0.29) is 17.6 Å². The highest BCUT2D eigenvalue weighted by atomic mass is 16.6. The van der Waals surface area contributed by atoms with Crippen LogP contribution in [0.4, 0.5) is 4.79 Å². The largest absolute Gasteiger partial charge is 0.498 e. The first-order chi connectivity index (χ1) is 12.3. The van der Waals surface area contributed by atoms with E-state index in [1.807, 2.05) is 35.2 Å². The van der Waals surface area contributed by atoms with Crippen LogP contribution in [0.1, 0.15) is 44.6 Å². The molecule has 25 heavy (non-hydrogen) atoms. The smallest absolute Gasteiger partial charge is 0.410 e. The highest BCUT2D eigenvalue weighted by Gasteiger charge is 2.70. The third kappa shape index (κ3) is 2.92. The number of carbonyl (C=O) groups is 1. The van der Waals surface area contributed by atoms with Crippen LogP contribution >= 0.6 is 0 Å². The Balaban J connectivity index is 1.46. The molecule has 1 saturated carbocycles. The van der Waals surface area contributed by atoms with E-state index in [1.54, 1.807) is 0 Å². The van der Waals surface area contributed by atoms with Crippen LogP contribution in [0.3, 0.4) is 0 Å². The van der Waals surface area contributed by atoms with E-state index in [4.69, 9.17) is 9.47 Å². The summed E-state index contributed by atoms with van der Waals surface area (Å²) in [7, 11) is 0. The number of likely N-dealkylation sites (tertiary alicyclic amines) is 1. The number of piperidine rings is 1. The predicted molar refractivity (Wildman–Crippen MR) is 95.8 cm³/mol. The van der Waals surface area contributed by atoms with Crippen molar-refractivity contribution in [1.82, 2.24) is 4.90 Å². The molecule has 0 aromatic heterocycles. The molecule has 0 bridgehead atoms. The van der Waals surface area contributed by atoms with E-state index < -0.39 is 0 Å². The average Bonchev–Trinajstić information content (AvgIpc) is 3.37. The SMILES string of the molecule is CC[C@]12CCCN(C(=O)OCc3ccccc3)[C@H]1[C@@H]2C1=CCCCO1. The van der Waals surface area contributed by atoms with Gasteiger partial charge in [0, 0.05) is 17.9 Å². The van der Waals surface area contributed by atoms with Crippen LogP contribution in [-0.2, 0) is 16.1 Å². The lowest BCUT2D eigenvalue weighted by Crippen LogP contribution is -2.40. The number of rotatable bonds is 4. The Morgan fingerprint density at radius 3 is 2.88 bits per heavy atom. The minimum Gasteiger partial charge on any atom is -0.498 e. The van der Waals surface area contributed by atoms with E-state index in [9.17, 15) is 4.79 Å². The fourth-order valence-electron chi connectivity index (χ4n) is 4.83. The van der Waals surface area contributed by atoms with Crippen LogP contribution in [0.5, 0.6) is 0 Å². The molecule has 1 aromatic rings. The molecule has 1 amide bonds. The van der Waals surface area contributed by atoms with Gasteiger partial charge in [-0.05, 0) is 43.7 Å². The van der Waals surface area contributed by atoms with Gasteiger partial charge in [0.1, 0.15) is 6.61 Å². The van der Waals surface area contributed by atoms with Crippen LogP contribution in [0.25, 0.3) is 0 Å². The molecule has 3 atom stereocenters. The summed E-state index contributed by atoms with van der Waals surface area (Å²) in [4.78, 5) is 14.7. The summed E-state index contributed by atoms with van der Waals surface area (Å²) in [5.74, 6) is 1.49. The summed E-state index contributed by atoms with van der Waals surface area (Å²) < 4.78 is 11.6. The lowest BCUT2D eigenvalue weighted by molar-refractivity contribution is 0.0768. The number of amides is 1. The van der Waals surface area contributed by atoms with Gasteiger partial charge in [-0.15, -0.1) is 0 Å². The van der Waals surface area contributed by atoms with Crippen LogP contribution in [0, 0.1) is 11.3 Å². The predicted octanol–water partition coefficient (Wildman–Crippen LogP) is 4.51. The fraction of sp³-hybridized carbons (Fsp3) is 0.571. The van der Waals surface area contributed by atoms with Gasteiger partial charge in [0.2, 0.25) is 0 Å². The van der Waals surface area contributed by atoms with Crippen LogP contribution < -0.4 is 0 Å². The second-order valence-corrected chi connectivity index (χ2v) is 7.44. The molecule has 4 rings (SSSR count). The monoisotopic (exact) mass is 341 g/mol. The number of fused-ring (bicyclic) bond motifs is 1. The van der Waals surface area contributed by atoms with Crippen molar-refractivity contribution in [2.75, 3.05) is 13.2 Å². The molecular weight excluding hydrogens is 314 g/mol. The highest BCUT2D eigenvalue weighted by Crippen LogP contribution is 2.66. The number of carbonyl (C=O) groups excluding carboxylic acids is 1. The molecule has 0 spiro atoms. The molecule has 134 valence electrons. The number of allylic oxidation sites excluding steroid dienone is 1. The Labute approximate surface area is 149 Å². The van der Waals surface area contributed by atoms with Crippen LogP contribution in [0.15, 0.2) is 42.2 Å². The maximum absolute atomic E-state index is 12.7. The Morgan fingerprint density at radius 1 is 1.32 bits per heavy atom. The number of ether oxygens (including phenoxy) is 2. The molecule has 2 fully saturated rings. The molecule has 1 aliphatic carbocycles. The molecule has 0 N–H and O–H groups in total. The van der Waals surface area contributed by atoms with Gasteiger partial charge in [0.25, 0.3) is 0 Å². The van der Waals surface area contributed by atoms with Crippen molar-refractivity contribution in [3.8, 4) is 0 Å². The molecule has 1 saturated heterocycles. The van der Waals surface area contributed by atoms with Crippen molar-refractivity contribution in [3.05, 3.63) is 47.7 Å². The molecule has 3 aliphatic rings. The van der Waals surface area contributed by atoms with Gasteiger partial charge >= 0.3 is 6.09 Å². The first kappa shape index (κ1) is 16.5. The fourth-order valence-corrected chi connectivity index (χ4v) is 4.83. The van der Waals surface area contributed by atoms with E-state index in [1.165, 1.54) is 6.42 Å². The molecular formula is C21H27NO3. The zero-order valence-corrected chi connectivity index (χ0v) is 14.9. The normalized spacial score (nSPS) is 30.8. The standard InChI is InChI=1S/C21H27NO3/c1-2-21-12-8-13-22(19(21)18(21)17-11-6-7-14-24-17)20(23)25-15-16-9-4-3-5-10-16/h3-5,9-11,18-19H,2,6-8,12-15H2,1H3/t18-,19-,21+/m0/s1. The van der Waals surface area contributed by atoms with Crippen molar-refractivity contribution in [2.24, 2.45) is 11.3 Å². The van der Waals surface area contributed by atoms with Crippen LogP contribution in [0.2, 0.25) is 0 Å². The number of hydrogen-bond acceptors (Lipinski definition) is 3. The Kier molecular flexibility index (Phi) is 4.45. The van der Waals surface area contributed by atoms with Crippen molar-refractivity contribution in [3.63, 3.8) is 0 Å². The van der Waals surface area contributed by atoms with Gasteiger partial charge in [0.05, 0.1) is 18.4 Å². The van der Waals surface area contributed by atoms with Crippen LogP contribution in [-0.4, -0.2) is 30.2 Å². The summed E-state index contributed by atoms with van der Waals surface area (Å²) in [5, 5.41) is 0. The molecule has 0 radical (unpaired) electrons. The molecule has 0 unspecified atom stereocenters. The Hall–Kier alpha value is -1.97. The first-order valence-corrected chi connectivity index (χ1v) is 9.56. The molecule has 1 aromatic carbocycles. The number of nitrogens with zero attached hydrogens (tertiary/aromatic N) is 1. The third-order valence-corrected chi connectivity index (χ3v) is 6.16. The first-order valence-electron chi connectivity index (χ1n) is 9.56. The topological polar surface area (TPSA) is 38.8 Å². The van der Waals surface area contributed by atoms with Gasteiger partial charge in [-0.25, -0.2) is 4.79 Å². The second kappa shape index (κ2) is 6.74. The van der Waals surface area contributed by atoms with E-state index >= 15 is 0 Å².